The average Bonchev–Trinajstić information content (AvgIpc) is 2.25. The molecular formula is C11H16O8. The first-order chi connectivity index (χ1) is 8.81. The van der Waals surface area contributed by atoms with E-state index < -0.39 is 42.5 Å². The van der Waals surface area contributed by atoms with Gasteiger partial charge in [0.2, 0.25) is 0 Å². The minimum absolute atomic E-state index is 0.170. The quantitative estimate of drug-likeness (QED) is 0.523. The van der Waals surface area contributed by atoms with E-state index in [-0.39, 0.29) is 6.61 Å². The van der Waals surface area contributed by atoms with Crippen LogP contribution in [-0.2, 0) is 33.3 Å². The molecule has 0 saturated carbocycles. The van der Waals surface area contributed by atoms with Crippen molar-refractivity contribution in [2.45, 2.75) is 45.4 Å². The highest BCUT2D eigenvalue weighted by Crippen LogP contribution is 2.23. The van der Waals surface area contributed by atoms with E-state index in [4.69, 9.17) is 18.9 Å². The van der Waals surface area contributed by atoms with Crippen molar-refractivity contribution in [3.05, 3.63) is 0 Å². The van der Waals surface area contributed by atoms with E-state index in [0.717, 1.165) is 13.8 Å². The van der Waals surface area contributed by atoms with Gasteiger partial charge in [-0.2, -0.15) is 0 Å². The highest BCUT2D eigenvalue weighted by Gasteiger charge is 2.46. The summed E-state index contributed by atoms with van der Waals surface area (Å²) in [5, 5.41) is 9.62. The van der Waals surface area contributed by atoms with Crippen molar-refractivity contribution in [3.8, 4) is 0 Å². The summed E-state index contributed by atoms with van der Waals surface area (Å²) in [5.41, 5.74) is 0. The summed E-state index contributed by atoms with van der Waals surface area (Å²) in [6.45, 7) is 3.29. The van der Waals surface area contributed by atoms with E-state index in [1.165, 1.54) is 6.92 Å². The standard InChI is InChI=1S/C11H16O8/c1-5(12)17-8-4-16-11(15)10(19-7(3)14)9(8)18-6(2)13/h8-11,15H,4H2,1-3H3/t8-,9-,10-,11-/m1/s1. The summed E-state index contributed by atoms with van der Waals surface area (Å²) >= 11 is 0. The molecule has 108 valence electrons. The highest BCUT2D eigenvalue weighted by molar-refractivity contribution is 5.68. The lowest BCUT2D eigenvalue weighted by Crippen LogP contribution is -2.57. The van der Waals surface area contributed by atoms with Crippen LogP contribution in [0.25, 0.3) is 0 Å². The van der Waals surface area contributed by atoms with E-state index >= 15 is 0 Å². The first-order valence-corrected chi connectivity index (χ1v) is 5.62. The van der Waals surface area contributed by atoms with Crippen LogP contribution < -0.4 is 0 Å². The molecule has 0 aromatic rings. The molecule has 0 aromatic heterocycles. The van der Waals surface area contributed by atoms with Gasteiger partial charge in [-0.15, -0.1) is 0 Å². The first kappa shape index (κ1) is 15.4. The third kappa shape index (κ3) is 4.49. The highest BCUT2D eigenvalue weighted by atomic mass is 16.7. The molecule has 0 unspecified atom stereocenters. The van der Waals surface area contributed by atoms with Crippen LogP contribution in [0, 0.1) is 0 Å². The van der Waals surface area contributed by atoms with Crippen molar-refractivity contribution >= 4 is 17.9 Å². The number of aliphatic hydroxyl groups is 1. The largest absolute Gasteiger partial charge is 0.456 e. The summed E-state index contributed by atoms with van der Waals surface area (Å²) in [6.07, 6.45) is -4.78. The Morgan fingerprint density at radius 3 is 1.89 bits per heavy atom. The van der Waals surface area contributed by atoms with Crippen molar-refractivity contribution in [2.75, 3.05) is 6.61 Å². The Hall–Kier alpha value is -1.67. The average molecular weight is 276 g/mol. The molecule has 1 N–H and O–H groups in total. The Morgan fingerprint density at radius 1 is 0.947 bits per heavy atom. The Kier molecular flexibility index (Phi) is 5.25. The van der Waals surface area contributed by atoms with Crippen molar-refractivity contribution in [2.24, 2.45) is 0 Å². The van der Waals surface area contributed by atoms with Gasteiger partial charge in [0.25, 0.3) is 0 Å². The maximum absolute atomic E-state index is 11.1. The number of esters is 3. The molecule has 1 saturated heterocycles. The Balaban J connectivity index is 2.89. The van der Waals surface area contributed by atoms with Crippen molar-refractivity contribution in [3.63, 3.8) is 0 Å². The fourth-order valence-electron chi connectivity index (χ4n) is 1.72. The fraction of sp³-hybridized carbons (Fsp3) is 0.727. The SMILES string of the molecule is CC(=O)O[C@@H]1[C@H](OC(C)=O)[C@H](OC(C)=O)CO[C@H]1O. The monoisotopic (exact) mass is 276 g/mol. The summed E-state index contributed by atoms with van der Waals surface area (Å²) in [5.74, 6) is -1.95. The smallest absolute Gasteiger partial charge is 0.303 e. The normalized spacial score (nSPS) is 30.3. The molecule has 1 heterocycles. The van der Waals surface area contributed by atoms with Gasteiger partial charge in [0.1, 0.15) is 0 Å². The summed E-state index contributed by atoms with van der Waals surface area (Å²) in [7, 11) is 0. The lowest BCUT2D eigenvalue weighted by atomic mass is 10.0. The van der Waals surface area contributed by atoms with Crippen LogP contribution in [0.1, 0.15) is 20.8 Å². The van der Waals surface area contributed by atoms with Gasteiger partial charge in [0, 0.05) is 20.8 Å². The molecular weight excluding hydrogens is 260 g/mol. The predicted molar refractivity (Wildman–Crippen MR) is 58.6 cm³/mol. The predicted octanol–water partition coefficient (Wildman–Crippen LogP) is -0.870. The molecule has 0 amide bonds. The molecule has 1 aliphatic heterocycles. The molecule has 0 spiro atoms. The van der Waals surface area contributed by atoms with Crippen LogP contribution in [0.4, 0.5) is 0 Å². The lowest BCUT2D eigenvalue weighted by Gasteiger charge is -2.38. The second-order valence-corrected chi connectivity index (χ2v) is 4.02. The van der Waals surface area contributed by atoms with Crippen LogP contribution in [0.2, 0.25) is 0 Å². The van der Waals surface area contributed by atoms with Crippen LogP contribution in [0.3, 0.4) is 0 Å². The molecule has 4 atom stereocenters. The number of carbonyl (C=O) groups is 3. The Bertz CT molecular complexity index is 366. The molecule has 0 aliphatic carbocycles. The van der Waals surface area contributed by atoms with Crippen LogP contribution in [0.15, 0.2) is 0 Å². The van der Waals surface area contributed by atoms with E-state index in [1.807, 2.05) is 0 Å². The van der Waals surface area contributed by atoms with Gasteiger partial charge in [-0.1, -0.05) is 0 Å². The van der Waals surface area contributed by atoms with Crippen LogP contribution >= 0.6 is 0 Å². The molecule has 8 nitrogen and oxygen atoms in total. The molecule has 1 fully saturated rings. The van der Waals surface area contributed by atoms with E-state index in [9.17, 15) is 19.5 Å². The van der Waals surface area contributed by atoms with Gasteiger partial charge in [-0.25, -0.2) is 0 Å². The maximum atomic E-state index is 11.1. The molecule has 1 aliphatic rings. The molecule has 1 rings (SSSR count). The Labute approximate surface area is 109 Å². The number of rotatable bonds is 3. The second kappa shape index (κ2) is 6.48. The summed E-state index contributed by atoms with van der Waals surface area (Å²) < 4.78 is 19.6. The first-order valence-electron chi connectivity index (χ1n) is 5.62. The third-order valence-electron chi connectivity index (χ3n) is 2.32. The molecule has 19 heavy (non-hydrogen) atoms. The topological polar surface area (TPSA) is 108 Å². The number of carbonyl (C=O) groups excluding carboxylic acids is 3. The molecule has 0 aromatic carbocycles. The summed E-state index contributed by atoms with van der Waals surface area (Å²) in [4.78, 5) is 33.0. The van der Waals surface area contributed by atoms with Gasteiger partial charge in [0.15, 0.2) is 24.6 Å². The Morgan fingerprint density at radius 2 is 1.42 bits per heavy atom. The number of ether oxygens (including phenoxy) is 4. The zero-order chi connectivity index (χ0) is 14.6. The number of hydrogen-bond donors (Lipinski definition) is 1. The number of aliphatic hydroxyl groups excluding tert-OH is 1. The third-order valence-corrected chi connectivity index (χ3v) is 2.32. The zero-order valence-electron chi connectivity index (χ0n) is 10.8. The molecule has 0 bridgehead atoms. The van der Waals surface area contributed by atoms with Crippen molar-refractivity contribution in [1.82, 2.24) is 0 Å². The van der Waals surface area contributed by atoms with Crippen molar-refractivity contribution < 1.29 is 38.4 Å². The van der Waals surface area contributed by atoms with Crippen LogP contribution in [-0.4, -0.2) is 54.2 Å². The minimum Gasteiger partial charge on any atom is -0.456 e. The van der Waals surface area contributed by atoms with E-state index in [0.29, 0.717) is 0 Å². The van der Waals surface area contributed by atoms with Crippen LogP contribution in [0.5, 0.6) is 0 Å². The van der Waals surface area contributed by atoms with Gasteiger partial charge in [-0.3, -0.25) is 14.4 Å². The minimum atomic E-state index is -1.46. The second-order valence-electron chi connectivity index (χ2n) is 4.02. The molecule has 8 heteroatoms. The van der Waals surface area contributed by atoms with Gasteiger partial charge >= 0.3 is 17.9 Å². The lowest BCUT2D eigenvalue weighted by molar-refractivity contribution is -0.267. The van der Waals surface area contributed by atoms with Crippen molar-refractivity contribution in [1.29, 1.82) is 0 Å². The zero-order valence-corrected chi connectivity index (χ0v) is 10.8. The number of hydrogen-bond acceptors (Lipinski definition) is 8. The fourth-order valence-corrected chi connectivity index (χ4v) is 1.72. The van der Waals surface area contributed by atoms with E-state index in [2.05, 4.69) is 0 Å². The van der Waals surface area contributed by atoms with E-state index in [1.54, 1.807) is 0 Å². The van der Waals surface area contributed by atoms with Gasteiger partial charge in [-0.05, 0) is 0 Å². The molecule has 0 radical (unpaired) electrons. The van der Waals surface area contributed by atoms with Gasteiger partial charge in [0.05, 0.1) is 6.61 Å². The maximum Gasteiger partial charge on any atom is 0.303 e. The van der Waals surface area contributed by atoms with Gasteiger partial charge < -0.3 is 24.1 Å². The summed E-state index contributed by atoms with van der Waals surface area (Å²) in [6, 6.07) is 0.